The Kier molecular flexibility index (Phi) is 3.28. The number of quaternary nitrogens is 1. The van der Waals surface area contributed by atoms with Crippen molar-refractivity contribution < 1.29 is 0 Å². The molecule has 0 N–H and O–H groups in total. The van der Waals surface area contributed by atoms with Crippen LogP contribution in [0.1, 0.15) is 45.6 Å². The third kappa shape index (κ3) is 2.70. The Balaban J connectivity index is 2.23. The Morgan fingerprint density at radius 1 is 0.941 bits per heavy atom. The summed E-state index contributed by atoms with van der Waals surface area (Å²) in [5.41, 5.74) is 2.39. The van der Waals surface area contributed by atoms with E-state index in [1.54, 1.807) is 0 Å². The van der Waals surface area contributed by atoms with E-state index in [1.165, 1.54) is 12.0 Å². The van der Waals surface area contributed by atoms with Gasteiger partial charge in [0.1, 0.15) is 5.69 Å². The van der Waals surface area contributed by atoms with Gasteiger partial charge in [0.2, 0.25) is 0 Å². The molecule has 0 atom stereocenters. The first-order chi connectivity index (χ1) is 7.92. The van der Waals surface area contributed by atoms with Crippen molar-refractivity contribution in [2.45, 2.75) is 45.4 Å². The highest BCUT2D eigenvalue weighted by Crippen LogP contribution is 2.30. The molecule has 0 saturated carbocycles. The van der Waals surface area contributed by atoms with Crippen molar-refractivity contribution in [3.63, 3.8) is 0 Å². The van der Waals surface area contributed by atoms with Gasteiger partial charge in [-0.25, -0.2) is 0 Å². The fourth-order valence-corrected chi connectivity index (χ4v) is 2.51. The lowest BCUT2D eigenvalue weighted by Gasteiger charge is -2.45. The van der Waals surface area contributed by atoms with Crippen molar-refractivity contribution in [1.82, 2.24) is 4.65 Å². The Morgan fingerprint density at radius 3 is 1.94 bits per heavy atom. The Labute approximate surface area is 104 Å². The van der Waals surface area contributed by atoms with E-state index in [-0.39, 0.29) is 10.1 Å². The van der Waals surface area contributed by atoms with Crippen molar-refractivity contribution in [3.05, 3.63) is 35.0 Å². The molecule has 0 aromatic heterocycles. The van der Waals surface area contributed by atoms with E-state index in [9.17, 15) is 5.21 Å². The van der Waals surface area contributed by atoms with Crippen molar-refractivity contribution in [1.29, 1.82) is 0 Å². The van der Waals surface area contributed by atoms with Gasteiger partial charge in [-0.2, -0.15) is 0 Å². The van der Waals surface area contributed by atoms with Gasteiger partial charge in [0.25, 0.3) is 0 Å². The summed E-state index contributed by atoms with van der Waals surface area (Å²) in [6.07, 6.45) is 3.33. The monoisotopic (exact) mass is 233 g/mol. The smallest absolute Gasteiger partial charge is 0.132 e. The molecular weight excluding hydrogens is 210 g/mol. The zero-order chi connectivity index (χ0) is 12.5. The minimum Gasteiger partial charge on any atom is -0.627 e. The van der Waals surface area contributed by atoms with Crippen LogP contribution in [0.25, 0.3) is 0 Å². The number of hydrogen-bond acceptors (Lipinski definition) is 1. The lowest BCUT2D eigenvalue weighted by Crippen LogP contribution is -2.47. The van der Waals surface area contributed by atoms with Crippen molar-refractivity contribution >= 4 is 5.69 Å². The zero-order valence-corrected chi connectivity index (χ0v) is 11.2. The van der Waals surface area contributed by atoms with Crippen LogP contribution in [0, 0.1) is 5.21 Å². The third-order valence-electron chi connectivity index (χ3n) is 3.74. The molecule has 1 aliphatic heterocycles. The number of hydroxylamine groups is 2. The normalized spacial score (nSPS) is 20.2. The molecule has 94 valence electrons. The van der Waals surface area contributed by atoms with Crippen LogP contribution in [0.5, 0.6) is 0 Å². The summed E-state index contributed by atoms with van der Waals surface area (Å²) < 4.78 is -0.121. The highest BCUT2D eigenvalue weighted by Gasteiger charge is 2.24. The predicted molar refractivity (Wildman–Crippen MR) is 73.9 cm³/mol. The highest BCUT2D eigenvalue weighted by atomic mass is 16.5. The molecule has 1 aliphatic rings. The van der Waals surface area contributed by atoms with Gasteiger partial charge in [0.05, 0.1) is 13.1 Å². The molecule has 0 radical (unpaired) electrons. The molecular formula is C15H23NO. The van der Waals surface area contributed by atoms with Gasteiger partial charge >= 0.3 is 0 Å². The number of piperidine rings is 1. The van der Waals surface area contributed by atoms with Crippen LogP contribution in [-0.4, -0.2) is 13.1 Å². The van der Waals surface area contributed by atoms with E-state index in [0.29, 0.717) is 0 Å². The lowest BCUT2D eigenvalue weighted by molar-refractivity contribution is 0.307. The van der Waals surface area contributed by atoms with Crippen LogP contribution in [0.2, 0.25) is 0 Å². The van der Waals surface area contributed by atoms with E-state index in [4.69, 9.17) is 0 Å². The molecule has 2 heteroatoms. The third-order valence-corrected chi connectivity index (χ3v) is 3.74. The van der Waals surface area contributed by atoms with Crippen LogP contribution in [-0.2, 0) is 5.41 Å². The first-order valence-corrected chi connectivity index (χ1v) is 6.61. The molecule has 0 amide bonds. The maximum absolute atomic E-state index is 12.6. The average molecular weight is 233 g/mol. The second-order valence-corrected chi connectivity index (χ2v) is 6.19. The van der Waals surface area contributed by atoms with Gasteiger partial charge in [0.15, 0.2) is 0 Å². The minimum absolute atomic E-state index is 0.121. The van der Waals surface area contributed by atoms with Crippen LogP contribution in [0.15, 0.2) is 24.3 Å². The van der Waals surface area contributed by atoms with Crippen LogP contribution < -0.4 is 4.65 Å². The molecule has 0 bridgehead atoms. The van der Waals surface area contributed by atoms with Gasteiger partial charge < -0.3 is 9.85 Å². The van der Waals surface area contributed by atoms with E-state index >= 15 is 0 Å². The molecule has 1 aromatic rings. The minimum atomic E-state index is -0.121. The molecule has 0 unspecified atom stereocenters. The van der Waals surface area contributed by atoms with Crippen molar-refractivity contribution in [3.8, 4) is 0 Å². The van der Waals surface area contributed by atoms with Gasteiger partial charge in [0, 0.05) is 0 Å². The Hall–Kier alpha value is -0.860. The van der Waals surface area contributed by atoms with Gasteiger partial charge in [-0.15, -0.1) is 0 Å². The number of hydrogen-bond donors (Lipinski definition) is 0. The first-order valence-electron chi connectivity index (χ1n) is 6.61. The Bertz CT molecular complexity index is 369. The fourth-order valence-electron chi connectivity index (χ4n) is 2.51. The van der Waals surface area contributed by atoms with Crippen LogP contribution >= 0.6 is 0 Å². The molecule has 1 aromatic carbocycles. The predicted octanol–water partition coefficient (Wildman–Crippen LogP) is 3.97. The van der Waals surface area contributed by atoms with Crippen LogP contribution in [0.3, 0.4) is 0 Å². The average Bonchev–Trinajstić information content (AvgIpc) is 2.29. The first kappa shape index (κ1) is 12.6. The summed E-state index contributed by atoms with van der Waals surface area (Å²) in [5, 5.41) is 12.6. The SMILES string of the molecule is CC(C)(C)c1ccc([N+]2([O-])CCCCC2)cc1. The summed E-state index contributed by atoms with van der Waals surface area (Å²) in [4.78, 5) is 0. The molecule has 1 saturated heterocycles. The fraction of sp³-hybridized carbons (Fsp3) is 0.600. The summed E-state index contributed by atoms with van der Waals surface area (Å²) in [6.45, 7) is 8.09. The Morgan fingerprint density at radius 2 is 1.47 bits per heavy atom. The van der Waals surface area contributed by atoms with Crippen molar-refractivity contribution in [2.75, 3.05) is 13.1 Å². The molecule has 2 rings (SSSR count). The van der Waals surface area contributed by atoms with E-state index < -0.39 is 0 Å². The largest absolute Gasteiger partial charge is 0.627 e. The lowest BCUT2D eigenvalue weighted by atomic mass is 9.87. The van der Waals surface area contributed by atoms with E-state index in [0.717, 1.165) is 31.6 Å². The van der Waals surface area contributed by atoms with Crippen molar-refractivity contribution in [2.24, 2.45) is 0 Å². The van der Waals surface area contributed by atoms with Gasteiger partial charge in [-0.3, -0.25) is 0 Å². The molecule has 17 heavy (non-hydrogen) atoms. The zero-order valence-electron chi connectivity index (χ0n) is 11.2. The summed E-state index contributed by atoms with van der Waals surface area (Å²) in [5.74, 6) is 0. The number of rotatable bonds is 1. The maximum Gasteiger partial charge on any atom is 0.132 e. The number of nitrogens with zero attached hydrogens (tertiary/aromatic N) is 1. The number of benzene rings is 1. The summed E-state index contributed by atoms with van der Waals surface area (Å²) in [6, 6.07) is 8.28. The van der Waals surface area contributed by atoms with Crippen LogP contribution in [0.4, 0.5) is 5.69 Å². The molecule has 0 spiro atoms. The van der Waals surface area contributed by atoms with E-state index in [2.05, 4.69) is 32.9 Å². The molecule has 1 fully saturated rings. The summed E-state index contributed by atoms with van der Waals surface area (Å²) >= 11 is 0. The maximum atomic E-state index is 12.6. The highest BCUT2D eigenvalue weighted by molar-refractivity contribution is 5.46. The second-order valence-electron chi connectivity index (χ2n) is 6.19. The topological polar surface area (TPSA) is 23.1 Å². The second kappa shape index (κ2) is 4.43. The molecule has 2 nitrogen and oxygen atoms in total. The standard InChI is InChI=1S/C15H23NO/c1-15(2,3)13-7-9-14(10-8-13)16(17)11-5-4-6-12-16/h7-10H,4-6,11-12H2,1-3H3. The summed E-state index contributed by atoms with van der Waals surface area (Å²) in [7, 11) is 0. The van der Waals surface area contributed by atoms with Gasteiger partial charge in [-0.05, 0) is 42.4 Å². The van der Waals surface area contributed by atoms with E-state index in [1.807, 2.05) is 12.1 Å². The molecule has 0 aliphatic carbocycles. The quantitative estimate of drug-likeness (QED) is 0.531. The molecule has 1 heterocycles. The van der Waals surface area contributed by atoms with Gasteiger partial charge in [-0.1, -0.05) is 32.9 Å².